The van der Waals surface area contributed by atoms with Gasteiger partial charge in [-0.05, 0) is 11.4 Å². The second kappa shape index (κ2) is 4.27. The van der Waals surface area contributed by atoms with Crippen molar-refractivity contribution in [2.75, 3.05) is 14.2 Å². The third kappa shape index (κ3) is 2.07. The lowest BCUT2D eigenvalue weighted by Gasteiger charge is -2.04. The highest BCUT2D eigenvalue weighted by Crippen LogP contribution is 2.26. The van der Waals surface area contributed by atoms with Crippen molar-refractivity contribution in [3.63, 3.8) is 0 Å². The lowest BCUT2D eigenvalue weighted by molar-refractivity contribution is 0.353. The summed E-state index contributed by atoms with van der Waals surface area (Å²) in [7, 11) is 3.10. The molecule has 0 atom stereocenters. The highest BCUT2D eigenvalue weighted by molar-refractivity contribution is 7.13. The Hall–Kier alpha value is -1.62. The zero-order chi connectivity index (χ0) is 10.7. The molecule has 0 saturated heterocycles. The molecule has 2 heterocycles. The predicted octanol–water partition coefficient (Wildman–Crippen LogP) is 2.22. The third-order valence-electron chi connectivity index (χ3n) is 1.85. The first-order valence-electron chi connectivity index (χ1n) is 4.34. The number of aromatic nitrogens is 2. The van der Waals surface area contributed by atoms with Gasteiger partial charge in [0.15, 0.2) is 0 Å². The molecule has 5 heteroatoms. The summed E-state index contributed by atoms with van der Waals surface area (Å²) in [6, 6.07) is 6.07. The Bertz CT molecular complexity index is 420. The van der Waals surface area contributed by atoms with E-state index in [1.807, 2.05) is 17.5 Å². The molecule has 78 valence electrons. The Morgan fingerprint density at radius 3 is 2.67 bits per heavy atom. The summed E-state index contributed by atoms with van der Waals surface area (Å²) < 4.78 is 10.1. The lowest BCUT2D eigenvalue weighted by Crippen LogP contribution is -1.96. The summed E-state index contributed by atoms with van der Waals surface area (Å²) in [6.07, 6.45) is 0. The third-order valence-corrected chi connectivity index (χ3v) is 2.74. The summed E-state index contributed by atoms with van der Waals surface area (Å²) in [5.41, 5.74) is 0.814. The van der Waals surface area contributed by atoms with E-state index >= 15 is 0 Å². The van der Waals surface area contributed by atoms with Crippen molar-refractivity contribution in [1.29, 1.82) is 0 Å². The molecule has 2 aromatic rings. The van der Waals surface area contributed by atoms with Crippen LogP contribution in [0.25, 0.3) is 10.6 Å². The van der Waals surface area contributed by atoms with Gasteiger partial charge in [-0.25, -0.2) is 0 Å². The van der Waals surface area contributed by atoms with Crippen molar-refractivity contribution >= 4 is 11.3 Å². The number of methoxy groups -OCH3 is 2. The first-order valence-corrected chi connectivity index (χ1v) is 5.22. The van der Waals surface area contributed by atoms with Gasteiger partial charge in [0, 0.05) is 6.07 Å². The minimum absolute atomic E-state index is 0.317. The maximum Gasteiger partial charge on any atom is 0.320 e. The largest absolute Gasteiger partial charge is 0.481 e. The molecule has 4 nitrogen and oxygen atoms in total. The number of hydrogen-bond acceptors (Lipinski definition) is 5. The number of rotatable bonds is 3. The van der Waals surface area contributed by atoms with Gasteiger partial charge in [0.1, 0.15) is 0 Å². The van der Waals surface area contributed by atoms with Gasteiger partial charge in [0.05, 0.1) is 24.8 Å². The van der Waals surface area contributed by atoms with Crippen LogP contribution in [-0.4, -0.2) is 24.2 Å². The van der Waals surface area contributed by atoms with E-state index in [9.17, 15) is 0 Å². The molecule has 15 heavy (non-hydrogen) atoms. The van der Waals surface area contributed by atoms with Crippen molar-refractivity contribution in [3.05, 3.63) is 23.6 Å². The van der Waals surface area contributed by atoms with E-state index in [0.717, 1.165) is 10.6 Å². The second-order valence-electron chi connectivity index (χ2n) is 2.76. The van der Waals surface area contributed by atoms with Crippen molar-refractivity contribution in [2.45, 2.75) is 0 Å². The Morgan fingerprint density at radius 2 is 2.07 bits per heavy atom. The Kier molecular flexibility index (Phi) is 2.82. The van der Waals surface area contributed by atoms with Gasteiger partial charge >= 0.3 is 6.01 Å². The van der Waals surface area contributed by atoms with Gasteiger partial charge in [-0.15, -0.1) is 11.3 Å². The van der Waals surface area contributed by atoms with E-state index < -0.39 is 0 Å². The first kappa shape index (κ1) is 9.92. The second-order valence-corrected chi connectivity index (χ2v) is 3.71. The molecule has 0 spiro atoms. The maximum atomic E-state index is 5.07. The maximum absolute atomic E-state index is 5.07. The van der Waals surface area contributed by atoms with E-state index in [1.54, 1.807) is 24.5 Å². The fourth-order valence-corrected chi connectivity index (χ4v) is 1.84. The summed E-state index contributed by atoms with van der Waals surface area (Å²) in [4.78, 5) is 9.33. The Morgan fingerprint density at radius 1 is 1.20 bits per heavy atom. The summed E-state index contributed by atoms with van der Waals surface area (Å²) in [6.45, 7) is 0. The van der Waals surface area contributed by atoms with Crippen molar-refractivity contribution < 1.29 is 9.47 Å². The normalized spacial score (nSPS) is 10.0. The fourth-order valence-electron chi connectivity index (χ4n) is 1.15. The molecule has 0 radical (unpaired) electrons. The molecule has 0 fully saturated rings. The highest BCUT2D eigenvalue weighted by atomic mass is 32.1. The SMILES string of the molecule is COc1cc(-c2cccs2)nc(OC)n1. The Labute approximate surface area is 91.5 Å². The van der Waals surface area contributed by atoms with E-state index in [-0.39, 0.29) is 0 Å². The quantitative estimate of drug-likeness (QED) is 0.798. The standard InChI is InChI=1S/C10H10N2O2S/c1-13-9-6-7(8-4-3-5-15-8)11-10(12-9)14-2/h3-6H,1-2H3. The van der Waals surface area contributed by atoms with Crippen LogP contribution in [0.3, 0.4) is 0 Å². The van der Waals surface area contributed by atoms with Crippen molar-refractivity contribution in [3.8, 4) is 22.5 Å². The average Bonchev–Trinajstić information content (AvgIpc) is 2.81. The minimum atomic E-state index is 0.317. The van der Waals surface area contributed by atoms with Gasteiger partial charge in [-0.1, -0.05) is 6.07 Å². The van der Waals surface area contributed by atoms with Gasteiger partial charge in [0.25, 0.3) is 0 Å². The molecule has 0 aliphatic heterocycles. The van der Waals surface area contributed by atoms with Crippen LogP contribution in [0.2, 0.25) is 0 Å². The van der Waals surface area contributed by atoms with Crippen LogP contribution in [0.5, 0.6) is 11.9 Å². The molecule has 0 bridgehead atoms. The smallest absolute Gasteiger partial charge is 0.320 e. The number of thiophene rings is 1. The molecular formula is C10H10N2O2S. The molecule has 2 aromatic heterocycles. The van der Waals surface area contributed by atoms with Crippen molar-refractivity contribution in [1.82, 2.24) is 9.97 Å². The topological polar surface area (TPSA) is 44.2 Å². The average molecular weight is 222 g/mol. The van der Waals surface area contributed by atoms with Crippen LogP contribution < -0.4 is 9.47 Å². The molecule has 0 unspecified atom stereocenters. The number of ether oxygens (including phenoxy) is 2. The molecule has 0 N–H and O–H groups in total. The zero-order valence-corrected chi connectivity index (χ0v) is 9.25. The van der Waals surface area contributed by atoms with Gasteiger partial charge < -0.3 is 9.47 Å². The summed E-state index contributed by atoms with van der Waals surface area (Å²) >= 11 is 1.61. The molecule has 0 aliphatic carbocycles. The van der Waals surface area contributed by atoms with E-state index in [0.29, 0.717) is 11.9 Å². The van der Waals surface area contributed by atoms with Crippen molar-refractivity contribution in [2.24, 2.45) is 0 Å². The summed E-state index contributed by atoms with van der Waals surface area (Å²) in [5, 5.41) is 2.00. The molecular weight excluding hydrogens is 212 g/mol. The minimum Gasteiger partial charge on any atom is -0.481 e. The lowest BCUT2D eigenvalue weighted by atomic mass is 10.3. The van der Waals surface area contributed by atoms with Crippen LogP contribution in [0.15, 0.2) is 23.6 Å². The van der Waals surface area contributed by atoms with Crippen LogP contribution in [0.1, 0.15) is 0 Å². The first-order chi connectivity index (χ1) is 7.33. The monoisotopic (exact) mass is 222 g/mol. The Balaban J connectivity index is 2.47. The van der Waals surface area contributed by atoms with Crippen LogP contribution in [0, 0.1) is 0 Å². The van der Waals surface area contributed by atoms with Gasteiger partial charge in [-0.2, -0.15) is 9.97 Å². The predicted molar refractivity (Wildman–Crippen MR) is 58.4 cm³/mol. The molecule has 0 amide bonds. The number of hydrogen-bond donors (Lipinski definition) is 0. The fraction of sp³-hybridized carbons (Fsp3) is 0.200. The molecule has 0 aliphatic rings. The zero-order valence-electron chi connectivity index (χ0n) is 8.43. The molecule has 0 saturated carbocycles. The van der Waals surface area contributed by atoms with E-state index in [1.165, 1.54) is 7.11 Å². The molecule has 2 rings (SSSR count). The van der Waals surface area contributed by atoms with Crippen LogP contribution in [0.4, 0.5) is 0 Å². The van der Waals surface area contributed by atoms with Crippen LogP contribution >= 0.6 is 11.3 Å². The van der Waals surface area contributed by atoms with E-state index in [4.69, 9.17) is 9.47 Å². The van der Waals surface area contributed by atoms with E-state index in [2.05, 4.69) is 9.97 Å². The highest BCUT2D eigenvalue weighted by Gasteiger charge is 2.07. The molecule has 0 aromatic carbocycles. The van der Waals surface area contributed by atoms with Gasteiger partial charge in [-0.3, -0.25) is 0 Å². The van der Waals surface area contributed by atoms with Gasteiger partial charge in [0.2, 0.25) is 5.88 Å². The summed E-state index contributed by atoms with van der Waals surface area (Å²) in [5.74, 6) is 0.505. The number of nitrogens with zero attached hydrogens (tertiary/aromatic N) is 2. The van der Waals surface area contributed by atoms with Crippen LogP contribution in [-0.2, 0) is 0 Å².